The second-order valence-electron chi connectivity index (χ2n) is 3.98. The molecule has 0 bridgehead atoms. The molecular formula is C10H17F3O. The molecular weight excluding hydrogens is 193 g/mol. The smallest absolute Gasteiger partial charge is 0.390 e. The van der Waals surface area contributed by atoms with E-state index >= 15 is 0 Å². The summed E-state index contributed by atoms with van der Waals surface area (Å²) in [6.07, 6.45) is -2.44. The molecule has 1 nitrogen and oxygen atoms in total. The zero-order chi connectivity index (χ0) is 11.4. The minimum Gasteiger partial charge on any atom is -0.390 e. The first kappa shape index (κ1) is 13.5. The fourth-order valence-corrected chi connectivity index (χ4v) is 1.16. The Kier molecular flexibility index (Phi) is 4.65. The van der Waals surface area contributed by atoms with Crippen LogP contribution in [0.25, 0.3) is 0 Å². The maximum Gasteiger partial charge on any atom is 0.412 e. The minimum absolute atomic E-state index is 0.0238. The number of hydrogen-bond acceptors (Lipinski definition) is 1. The van der Waals surface area contributed by atoms with E-state index in [4.69, 9.17) is 0 Å². The Morgan fingerprint density at radius 1 is 1.29 bits per heavy atom. The van der Waals surface area contributed by atoms with Crippen LogP contribution in [0.15, 0.2) is 11.6 Å². The molecule has 14 heavy (non-hydrogen) atoms. The van der Waals surface area contributed by atoms with Gasteiger partial charge in [0.1, 0.15) is 0 Å². The quantitative estimate of drug-likeness (QED) is 0.705. The fraction of sp³-hybridized carbons (Fsp3) is 0.800. The van der Waals surface area contributed by atoms with Gasteiger partial charge in [-0.25, -0.2) is 0 Å². The van der Waals surface area contributed by atoms with Crippen LogP contribution >= 0.6 is 0 Å². The van der Waals surface area contributed by atoms with Crippen molar-refractivity contribution in [3.05, 3.63) is 11.6 Å². The summed E-state index contributed by atoms with van der Waals surface area (Å²) in [4.78, 5) is 0. The van der Waals surface area contributed by atoms with E-state index in [0.717, 1.165) is 6.08 Å². The number of hydrogen-bond donors (Lipinski definition) is 1. The molecule has 0 aromatic carbocycles. The standard InChI is InChI=1S/C10H17F3O/c1-4-8(10(11,12)13)6-5-7-9(2,3)14/h4,14H,5-7H2,1-3H3. The summed E-state index contributed by atoms with van der Waals surface area (Å²) < 4.78 is 36.6. The van der Waals surface area contributed by atoms with Crippen molar-refractivity contribution in [2.45, 2.75) is 51.8 Å². The average Bonchev–Trinajstić information content (AvgIpc) is 1.93. The third-order valence-corrected chi connectivity index (χ3v) is 1.95. The van der Waals surface area contributed by atoms with Crippen LogP contribution in [-0.4, -0.2) is 16.9 Å². The van der Waals surface area contributed by atoms with Crippen molar-refractivity contribution in [1.82, 2.24) is 0 Å². The average molecular weight is 210 g/mol. The topological polar surface area (TPSA) is 20.2 Å². The van der Waals surface area contributed by atoms with Gasteiger partial charge in [0.25, 0.3) is 0 Å². The maximum atomic E-state index is 12.2. The van der Waals surface area contributed by atoms with Crippen molar-refractivity contribution in [2.24, 2.45) is 0 Å². The number of rotatable bonds is 4. The molecule has 0 spiro atoms. The highest BCUT2D eigenvalue weighted by atomic mass is 19.4. The molecule has 0 aliphatic carbocycles. The normalized spacial score (nSPS) is 14.6. The summed E-state index contributed by atoms with van der Waals surface area (Å²) in [7, 11) is 0. The predicted octanol–water partition coefficient (Wildman–Crippen LogP) is 3.44. The highest BCUT2D eigenvalue weighted by Crippen LogP contribution is 2.30. The summed E-state index contributed by atoms with van der Waals surface area (Å²) in [6, 6.07) is 0. The third-order valence-electron chi connectivity index (χ3n) is 1.95. The molecule has 0 saturated heterocycles. The number of alkyl halides is 3. The summed E-state index contributed by atoms with van der Waals surface area (Å²) in [6.45, 7) is 4.57. The van der Waals surface area contributed by atoms with Gasteiger partial charge in [-0.1, -0.05) is 6.08 Å². The van der Waals surface area contributed by atoms with Crippen LogP contribution < -0.4 is 0 Å². The molecule has 0 aliphatic heterocycles. The fourth-order valence-electron chi connectivity index (χ4n) is 1.16. The van der Waals surface area contributed by atoms with Crippen molar-refractivity contribution in [2.75, 3.05) is 0 Å². The lowest BCUT2D eigenvalue weighted by molar-refractivity contribution is -0.0946. The van der Waals surface area contributed by atoms with E-state index in [1.807, 2.05) is 0 Å². The van der Waals surface area contributed by atoms with Gasteiger partial charge in [0, 0.05) is 5.57 Å². The van der Waals surface area contributed by atoms with E-state index in [2.05, 4.69) is 0 Å². The van der Waals surface area contributed by atoms with Crippen LogP contribution in [0, 0.1) is 0 Å². The molecule has 0 aliphatic rings. The van der Waals surface area contributed by atoms with E-state index in [1.54, 1.807) is 13.8 Å². The Morgan fingerprint density at radius 3 is 2.07 bits per heavy atom. The summed E-state index contributed by atoms with van der Waals surface area (Å²) in [5.74, 6) is 0. The largest absolute Gasteiger partial charge is 0.412 e. The second kappa shape index (κ2) is 4.82. The van der Waals surface area contributed by atoms with Crippen molar-refractivity contribution in [1.29, 1.82) is 0 Å². The molecule has 0 radical (unpaired) electrons. The van der Waals surface area contributed by atoms with Gasteiger partial charge in [0.05, 0.1) is 5.60 Å². The molecule has 0 rings (SSSR count). The van der Waals surface area contributed by atoms with Gasteiger partial charge in [-0.3, -0.25) is 0 Å². The lowest BCUT2D eigenvalue weighted by Crippen LogP contribution is -2.19. The van der Waals surface area contributed by atoms with Gasteiger partial charge in [0.15, 0.2) is 0 Å². The lowest BCUT2D eigenvalue weighted by atomic mass is 9.99. The van der Waals surface area contributed by atoms with Crippen molar-refractivity contribution >= 4 is 0 Å². The molecule has 0 atom stereocenters. The van der Waals surface area contributed by atoms with Crippen molar-refractivity contribution < 1.29 is 18.3 Å². The molecule has 1 N–H and O–H groups in total. The molecule has 0 saturated carbocycles. The summed E-state index contributed by atoms with van der Waals surface area (Å²) in [5, 5.41) is 9.31. The molecule has 0 fully saturated rings. The first-order chi connectivity index (χ1) is 6.17. The van der Waals surface area contributed by atoms with E-state index in [9.17, 15) is 18.3 Å². The molecule has 4 heteroatoms. The van der Waals surface area contributed by atoms with E-state index in [0.29, 0.717) is 12.8 Å². The Labute approximate surface area is 82.6 Å². The number of aliphatic hydroxyl groups is 1. The SMILES string of the molecule is CC=C(CCCC(C)(C)O)C(F)(F)F. The Balaban J connectivity index is 4.01. The van der Waals surface area contributed by atoms with Gasteiger partial charge < -0.3 is 5.11 Å². The molecule has 84 valence electrons. The maximum absolute atomic E-state index is 12.2. The minimum atomic E-state index is -4.23. The lowest BCUT2D eigenvalue weighted by Gasteiger charge is -2.17. The monoisotopic (exact) mass is 210 g/mol. The zero-order valence-electron chi connectivity index (χ0n) is 8.78. The molecule has 0 aromatic rings. The molecule has 0 aromatic heterocycles. The Hall–Kier alpha value is -0.510. The third kappa shape index (κ3) is 6.02. The van der Waals surface area contributed by atoms with Gasteiger partial charge in [-0.15, -0.1) is 0 Å². The van der Waals surface area contributed by atoms with Crippen molar-refractivity contribution in [3.63, 3.8) is 0 Å². The van der Waals surface area contributed by atoms with Crippen LogP contribution in [0.4, 0.5) is 13.2 Å². The number of allylic oxidation sites excluding steroid dienone is 2. The second-order valence-corrected chi connectivity index (χ2v) is 3.98. The Morgan fingerprint density at radius 2 is 1.79 bits per heavy atom. The number of halogens is 3. The van der Waals surface area contributed by atoms with Crippen LogP contribution in [0.1, 0.15) is 40.0 Å². The first-order valence-corrected chi connectivity index (χ1v) is 4.61. The molecule has 0 amide bonds. The molecule has 0 heterocycles. The highest BCUT2D eigenvalue weighted by Gasteiger charge is 2.32. The van der Waals surface area contributed by atoms with Gasteiger partial charge in [-0.05, 0) is 40.0 Å². The molecule has 0 unspecified atom stereocenters. The first-order valence-electron chi connectivity index (χ1n) is 4.61. The Bertz CT molecular complexity index is 198. The van der Waals surface area contributed by atoms with Crippen LogP contribution in [0.5, 0.6) is 0 Å². The van der Waals surface area contributed by atoms with E-state index in [-0.39, 0.29) is 6.42 Å². The van der Waals surface area contributed by atoms with Gasteiger partial charge in [-0.2, -0.15) is 13.2 Å². The predicted molar refractivity (Wildman–Crippen MR) is 50.0 cm³/mol. The van der Waals surface area contributed by atoms with Crippen molar-refractivity contribution in [3.8, 4) is 0 Å². The van der Waals surface area contributed by atoms with Crippen LogP contribution in [-0.2, 0) is 0 Å². The van der Waals surface area contributed by atoms with Crippen LogP contribution in [0.2, 0.25) is 0 Å². The van der Waals surface area contributed by atoms with E-state index < -0.39 is 17.4 Å². The zero-order valence-corrected chi connectivity index (χ0v) is 8.78. The van der Waals surface area contributed by atoms with Gasteiger partial charge >= 0.3 is 6.18 Å². The summed E-state index contributed by atoms with van der Waals surface area (Å²) in [5.41, 5.74) is -1.40. The summed E-state index contributed by atoms with van der Waals surface area (Å²) >= 11 is 0. The highest BCUT2D eigenvalue weighted by molar-refractivity contribution is 5.07. The van der Waals surface area contributed by atoms with E-state index in [1.165, 1.54) is 6.92 Å². The van der Waals surface area contributed by atoms with Gasteiger partial charge in [0.2, 0.25) is 0 Å². The van der Waals surface area contributed by atoms with Crippen LogP contribution in [0.3, 0.4) is 0 Å².